The third kappa shape index (κ3) is 6.30. The zero-order valence-electron chi connectivity index (χ0n) is 17.7. The zero-order valence-corrected chi connectivity index (χ0v) is 17.7. The average molecular weight is 411 g/mol. The second-order valence-corrected chi connectivity index (χ2v) is 7.79. The van der Waals surface area contributed by atoms with E-state index in [0.717, 1.165) is 13.1 Å². The van der Waals surface area contributed by atoms with Crippen LogP contribution in [0.15, 0.2) is 54.6 Å². The van der Waals surface area contributed by atoms with Gasteiger partial charge >= 0.3 is 6.03 Å². The number of para-hydroxylation sites is 1. The van der Waals surface area contributed by atoms with Gasteiger partial charge in [0.05, 0.1) is 12.2 Å². The normalized spacial score (nSPS) is 20.2. The second kappa shape index (κ2) is 10.2. The van der Waals surface area contributed by atoms with Crippen LogP contribution in [-0.4, -0.2) is 54.7 Å². The van der Waals surface area contributed by atoms with Crippen LogP contribution in [0.2, 0.25) is 0 Å². The van der Waals surface area contributed by atoms with Crippen LogP contribution in [-0.2, 0) is 4.74 Å². The Kier molecular flexibility index (Phi) is 7.43. The van der Waals surface area contributed by atoms with Gasteiger partial charge in [-0.3, -0.25) is 9.69 Å². The first-order valence-corrected chi connectivity index (χ1v) is 10.3. The predicted octanol–water partition coefficient (Wildman–Crippen LogP) is 3.56. The molecule has 3 unspecified atom stereocenters. The largest absolute Gasteiger partial charge is 0.373 e. The van der Waals surface area contributed by atoms with Crippen LogP contribution in [0.1, 0.15) is 31.1 Å². The highest BCUT2D eigenvalue weighted by Gasteiger charge is 2.25. The van der Waals surface area contributed by atoms with Gasteiger partial charge in [0.15, 0.2) is 0 Å². The maximum Gasteiger partial charge on any atom is 0.323 e. The van der Waals surface area contributed by atoms with Gasteiger partial charge in [0.1, 0.15) is 0 Å². The summed E-state index contributed by atoms with van der Waals surface area (Å²) < 4.78 is 5.77. The summed E-state index contributed by atoms with van der Waals surface area (Å²) in [6.45, 7) is 8.56. The molecule has 30 heavy (non-hydrogen) atoms. The number of nitrogens with one attached hydrogen (secondary N) is 3. The fourth-order valence-electron chi connectivity index (χ4n) is 3.57. The van der Waals surface area contributed by atoms with E-state index in [1.807, 2.05) is 30.3 Å². The number of benzene rings is 2. The molecular weight excluding hydrogens is 380 g/mol. The van der Waals surface area contributed by atoms with Crippen LogP contribution >= 0.6 is 0 Å². The number of ether oxygens (including phenoxy) is 1. The molecule has 1 heterocycles. The van der Waals surface area contributed by atoms with Crippen molar-refractivity contribution in [3.05, 3.63) is 60.2 Å². The third-order valence-corrected chi connectivity index (χ3v) is 5.07. The van der Waals surface area contributed by atoms with Crippen molar-refractivity contribution in [3.8, 4) is 0 Å². The summed E-state index contributed by atoms with van der Waals surface area (Å²) >= 11 is 0. The molecule has 1 aliphatic heterocycles. The van der Waals surface area contributed by atoms with Gasteiger partial charge in [0.2, 0.25) is 0 Å². The number of nitrogens with zero attached hydrogens (tertiary/aromatic N) is 1. The molecule has 1 aliphatic rings. The zero-order chi connectivity index (χ0) is 21.5. The number of carbonyl (C=O) groups excluding carboxylic acids is 2. The minimum atomic E-state index is -0.332. The van der Waals surface area contributed by atoms with Crippen LogP contribution in [0.3, 0.4) is 0 Å². The van der Waals surface area contributed by atoms with E-state index in [-0.39, 0.29) is 30.2 Å². The molecule has 3 N–H and O–H groups in total. The topological polar surface area (TPSA) is 82.7 Å². The Morgan fingerprint density at radius 3 is 2.13 bits per heavy atom. The molecule has 0 aromatic heterocycles. The van der Waals surface area contributed by atoms with Gasteiger partial charge in [-0.25, -0.2) is 4.79 Å². The van der Waals surface area contributed by atoms with E-state index in [1.165, 1.54) is 0 Å². The van der Waals surface area contributed by atoms with E-state index in [0.29, 0.717) is 23.5 Å². The van der Waals surface area contributed by atoms with Crippen molar-refractivity contribution in [1.82, 2.24) is 10.2 Å². The number of amides is 3. The average Bonchev–Trinajstić information content (AvgIpc) is 2.72. The lowest BCUT2D eigenvalue weighted by molar-refractivity contribution is -0.0778. The van der Waals surface area contributed by atoms with Gasteiger partial charge in [-0.15, -0.1) is 0 Å². The molecule has 0 bridgehead atoms. The molecule has 7 heteroatoms. The second-order valence-electron chi connectivity index (χ2n) is 7.79. The van der Waals surface area contributed by atoms with Crippen molar-refractivity contribution in [3.63, 3.8) is 0 Å². The van der Waals surface area contributed by atoms with E-state index in [4.69, 9.17) is 4.74 Å². The molecule has 2 aromatic rings. The quantitative estimate of drug-likeness (QED) is 0.680. The van der Waals surface area contributed by atoms with Crippen LogP contribution in [0.25, 0.3) is 0 Å². The Hall–Kier alpha value is -2.90. The molecule has 3 atom stereocenters. The van der Waals surface area contributed by atoms with Crippen molar-refractivity contribution < 1.29 is 14.3 Å². The minimum absolute atomic E-state index is 0.128. The monoisotopic (exact) mass is 410 g/mol. The smallest absolute Gasteiger partial charge is 0.323 e. The molecule has 0 spiro atoms. The minimum Gasteiger partial charge on any atom is -0.373 e. The number of rotatable bonds is 6. The summed E-state index contributed by atoms with van der Waals surface area (Å²) in [6.07, 6.45) is 0.400. The number of carbonyl (C=O) groups is 2. The van der Waals surface area contributed by atoms with E-state index in [1.54, 1.807) is 24.3 Å². The molecule has 1 saturated heterocycles. The SMILES string of the molecule is CC1CN(C(C)CNC(=O)c2ccc(NC(=O)Nc3ccccc3)cc2)CC(C)O1. The lowest BCUT2D eigenvalue weighted by Crippen LogP contribution is -2.52. The van der Waals surface area contributed by atoms with Crippen molar-refractivity contribution in [2.45, 2.75) is 39.0 Å². The first-order chi connectivity index (χ1) is 14.4. The molecule has 2 aromatic carbocycles. The van der Waals surface area contributed by atoms with Crippen molar-refractivity contribution in [1.29, 1.82) is 0 Å². The number of morpholine rings is 1. The maximum absolute atomic E-state index is 12.5. The molecule has 160 valence electrons. The number of hydrogen-bond donors (Lipinski definition) is 3. The van der Waals surface area contributed by atoms with Gasteiger partial charge < -0.3 is 20.7 Å². The van der Waals surface area contributed by atoms with Crippen molar-refractivity contribution in [2.75, 3.05) is 30.3 Å². The Morgan fingerprint density at radius 2 is 1.53 bits per heavy atom. The van der Waals surface area contributed by atoms with Gasteiger partial charge in [-0.1, -0.05) is 18.2 Å². The van der Waals surface area contributed by atoms with Crippen LogP contribution < -0.4 is 16.0 Å². The Morgan fingerprint density at radius 1 is 0.967 bits per heavy atom. The summed E-state index contributed by atoms with van der Waals surface area (Å²) in [4.78, 5) is 26.9. The first-order valence-electron chi connectivity index (χ1n) is 10.3. The highest BCUT2D eigenvalue weighted by molar-refractivity contribution is 6.00. The standard InChI is InChI=1S/C23H30N4O3/c1-16(27-14-17(2)30-18(3)15-27)13-24-22(28)19-9-11-21(12-10-19)26-23(29)25-20-7-5-4-6-8-20/h4-12,16-18H,13-15H2,1-3H3,(H,24,28)(H2,25,26,29). The fraction of sp³-hybridized carbons (Fsp3) is 0.391. The van der Waals surface area contributed by atoms with E-state index < -0.39 is 0 Å². The maximum atomic E-state index is 12.5. The lowest BCUT2D eigenvalue weighted by atomic mass is 10.1. The van der Waals surface area contributed by atoms with Crippen molar-refractivity contribution in [2.24, 2.45) is 0 Å². The summed E-state index contributed by atoms with van der Waals surface area (Å²) in [5, 5.41) is 8.51. The summed E-state index contributed by atoms with van der Waals surface area (Å²) in [5.41, 5.74) is 1.88. The highest BCUT2D eigenvalue weighted by atomic mass is 16.5. The molecular formula is C23H30N4O3. The van der Waals surface area contributed by atoms with Gasteiger partial charge in [0.25, 0.3) is 5.91 Å². The Bertz CT molecular complexity index is 831. The summed E-state index contributed by atoms with van der Waals surface area (Å²) in [6, 6.07) is 15.9. The van der Waals surface area contributed by atoms with Crippen LogP contribution in [0.4, 0.5) is 16.2 Å². The van der Waals surface area contributed by atoms with Gasteiger partial charge in [-0.05, 0) is 57.2 Å². The molecule has 0 radical (unpaired) electrons. The summed E-state index contributed by atoms with van der Waals surface area (Å²) in [7, 11) is 0. The lowest BCUT2D eigenvalue weighted by Gasteiger charge is -2.39. The highest BCUT2D eigenvalue weighted by Crippen LogP contribution is 2.14. The number of urea groups is 1. The molecule has 1 fully saturated rings. The van der Waals surface area contributed by atoms with E-state index in [2.05, 4.69) is 41.6 Å². The first kappa shape index (κ1) is 21.8. The number of hydrogen-bond acceptors (Lipinski definition) is 4. The number of anilines is 2. The molecule has 3 amide bonds. The molecule has 7 nitrogen and oxygen atoms in total. The Labute approximate surface area is 177 Å². The molecule has 0 saturated carbocycles. The summed E-state index contributed by atoms with van der Waals surface area (Å²) in [5.74, 6) is -0.128. The Balaban J connectivity index is 1.47. The molecule has 3 rings (SSSR count). The van der Waals surface area contributed by atoms with Gasteiger partial charge in [-0.2, -0.15) is 0 Å². The van der Waals surface area contributed by atoms with Gasteiger partial charge in [0, 0.05) is 42.6 Å². The fourth-order valence-corrected chi connectivity index (χ4v) is 3.57. The predicted molar refractivity (Wildman–Crippen MR) is 119 cm³/mol. The third-order valence-electron chi connectivity index (χ3n) is 5.07. The van der Waals surface area contributed by atoms with E-state index in [9.17, 15) is 9.59 Å². The van der Waals surface area contributed by atoms with Crippen LogP contribution in [0.5, 0.6) is 0 Å². The van der Waals surface area contributed by atoms with E-state index >= 15 is 0 Å². The van der Waals surface area contributed by atoms with Crippen LogP contribution in [0, 0.1) is 0 Å². The molecule has 0 aliphatic carbocycles. The van der Waals surface area contributed by atoms with Crippen molar-refractivity contribution >= 4 is 23.3 Å².